The van der Waals surface area contributed by atoms with Crippen molar-refractivity contribution in [2.24, 2.45) is 0 Å². The summed E-state index contributed by atoms with van der Waals surface area (Å²) < 4.78 is 0. The molecule has 156 valence electrons. The average molecular weight is 418 g/mol. The third-order valence-electron chi connectivity index (χ3n) is 5.21. The van der Waals surface area contributed by atoms with E-state index in [2.05, 4.69) is 20.6 Å². The lowest BCUT2D eigenvalue weighted by molar-refractivity contribution is -0.130. The van der Waals surface area contributed by atoms with Crippen LogP contribution in [0.15, 0.2) is 30.5 Å². The highest BCUT2D eigenvalue weighted by molar-refractivity contribution is 6.30. The number of amides is 1. The topological polar surface area (TPSA) is 90.4 Å². The monoisotopic (exact) mass is 417 g/mol. The number of aromatic nitrogens is 2. The molecule has 3 N–H and O–H groups in total. The van der Waals surface area contributed by atoms with Gasteiger partial charge >= 0.3 is 0 Å². The van der Waals surface area contributed by atoms with Gasteiger partial charge in [-0.3, -0.25) is 4.79 Å². The summed E-state index contributed by atoms with van der Waals surface area (Å²) >= 11 is 5.86. The first kappa shape index (κ1) is 21.3. The van der Waals surface area contributed by atoms with Crippen LogP contribution >= 0.6 is 11.6 Å². The number of aliphatic hydroxyl groups is 1. The van der Waals surface area contributed by atoms with E-state index in [1.165, 1.54) is 0 Å². The Morgan fingerprint density at radius 3 is 2.41 bits per heavy atom. The van der Waals surface area contributed by atoms with E-state index in [4.69, 9.17) is 11.6 Å². The molecule has 0 aliphatic heterocycles. The fourth-order valence-corrected chi connectivity index (χ4v) is 3.72. The van der Waals surface area contributed by atoms with Crippen LogP contribution in [0.2, 0.25) is 5.02 Å². The highest BCUT2D eigenvalue weighted by Crippen LogP contribution is 2.24. The smallest absolute Gasteiger partial charge is 0.253 e. The molecule has 2 aromatic rings. The van der Waals surface area contributed by atoms with Crippen LogP contribution in [0, 0.1) is 6.92 Å². The maximum Gasteiger partial charge on any atom is 0.253 e. The van der Waals surface area contributed by atoms with Crippen LogP contribution < -0.4 is 15.5 Å². The SMILES string of the molecule is Cc1cnc(NC2CCC(NC(=O)C(O)c3ccc(Cl)cc3)CC2)nc1N(C)C. The van der Waals surface area contributed by atoms with Gasteiger partial charge in [0, 0.05) is 43.0 Å². The largest absolute Gasteiger partial charge is 0.378 e. The number of hydrogen-bond donors (Lipinski definition) is 3. The van der Waals surface area contributed by atoms with E-state index >= 15 is 0 Å². The second-order valence-corrected chi connectivity index (χ2v) is 8.19. The summed E-state index contributed by atoms with van der Waals surface area (Å²) in [6.45, 7) is 1.99. The van der Waals surface area contributed by atoms with Gasteiger partial charge in [0.25, 0.3) is 5.91 Å². The predicted molar refractivity (Wildman–Crippen MR) is 115 cm³/mol. The number of anilines is 2. The molecular weight excluding hydrogens is 390 g/mol. The lowest BCUT2D eigenvalue weighted by Gasteiger charge is -2.30. The van der Waals surface area contributed by atoms with Gasteiger partial charge in [0.2, 0.25) is 5.95 Å². The molecule has 1 atom stereocenters. The van der Waals surface area contributed by atoms with Gasteiger partial charge in [0.15, 0.2) is 6.10 Å². The minimum Gasteiger partial charge on any atom is -0.378 e. The fourth-order valence-electron chi connectivity index (χ4n) is 3.60. The lowest BCUT2D eigenvalue weighted by Crippen LogP contribution is -2.42. The molecule has 1 aromatic carbocycles. The summed E-state index contributed by atoms with van der Waals surface area (Å²) in [6.07, 6.45) is 4.11. The number of nitrogens with one attached hydrogen (secondary N) is 2. The fraction of sp³-hybridized carbons (Fsp3) is 0.476. The molecule has 7 nitrogen and oxygen atoms in total. The molecule has 0 saturated heterocycles. The summed E-state index contributed by atoms with van der Waals surface area (Å²) in [6, 6.07) is 6.98. The highest BCUT2D eigenvalue weighted by atomic mass is 35.5. The van der Waals surface area contributed by atoms with Crippen LogP contribution in [0.25, 0.3) is 0 Å². The van der Waals surface area contributed by atoms with E-state index in [0.717, 1.165) is 37.1 Å². The number of nitrogens with zero attached hydrogens (tertiary/aromatic N) is 3. The van der Waals surface area contributed by atoms with Crippen molar-refractivity contribution < 1.29 is 9.90 Å². The molecule has 1 aliphatic rings. The van der Waals surface area contributed by atoms with Crippen molar-refractivity contribution in [3.63, 3.8) is 0 Å². The number of halogens is 1. The van der Waals surface area contributed by atoms with Crippen molar-refractivity contribution in [3.8, 4) is 0 Å². The molecule has 1 unspecified atom stereocenters. The van der Waals surface area contributed by atoms with Crippen LogP contribution in [0.4, 0.5) is 11.8 Å². The number of carbonyl (C=O) groups is 1. The van der Waals surface area contributed by atoms with Gasteiger partial charge < -0.3 is 20.6 Å². The predicted octanol–water partition coefficient (Wildman–Crippen LogP) is 3.08. The minimum atomic E-state index is -1.19. The Hall–Kier alpha value is -2.38. The molecule has 1 fully saturated rings. The van der Waals surface area contributed by atoms with E-state index in [1.54, 1.807) is 24.3 Å². The Kier molecular flexibility index (Phi) is 6.92. The van der Waals surface area contributed by atoms with Crippen molar-refractivity contribution in [1.82, 2.24) is 15.3 Å². The number of aliphatic hydroxyl groups excluding tert-OH is 1. The van der Waals surface area contributed by atoms with Crippen LogP contribution in [-0.2, 0) is 4.79 Å². The molecule has 3 rings (SSSR count). The van der Waals surface area contributed by atoms with Crippen LogP contribution in [0.3, 0.4) is 0 Å². The van der Waals surface area contributed by atoms with Gasteiger partial charge in [-0.2, -0.15) is 4.98 Å². The molecule has 1 heterocycles. The van der Waals surface area contributed by atoms with Crippen molar-refractivity contribution in [1.29, 1.82) is 0 Å². The zero-order valence-electron chi connectivity index (χ0n) is 17.0. The second kappa shape index (κ2) is 9.41. The quantitative estimate of drug-likeness (QED) is 0.669. The van der Waals surface area contributed by atoms with E-state index < -0.39 is 6.10 Å². The first-order valence-electron chi connectivity index (χ1n) is 9.85. The molecule has 0 radical (unpaired) electrons. The summed E-state index contributed by atoms with van der Waals surface area (Å²) in [5.41, 5.74) is 1.57. The van der Waals surface area contributed by atoms with Crippen LogP contribution in [0.1, 0.15) is 42.9 Å². The summed E-state index contributed by atoms with van der Waals surface area (Å²) in [7, 11) is 3.93. The number of rotatable bonds is 6. The molecule has 1 aliphatic carbocycles. The van der Waals surface area contributed by atoms with Crippen molar-refractivity contribution in [2.45, 2.75) is 50.8 Å². The molecule has 29 heavy (non-hydrogen) atoms. The molecular formula is C21H28ClN5O2. The Morgan fingerprint density at radius 2 is 1.79 bits per heavy atom. The number of hydrogen-bond acceptors (Lipinski definition) is 6. The average Bonchev–Trinajstić information content (AvgIpc) is 2.70. The summed E-state index contributed by atoms with van der Waals surface area (Å²) in [4.78, 5) is 23.3. The molecule has 1 amide bonds. The molecule has 0 spiro atoms. The summed E-state index contributed by atoms with van der Waals surface area (Å²) in [5, 5.41) is 17.2. The molecule has 0 bridgehead atoms. The number of aryl methyl sites for hydroxylation is 1. The lowest BCUT2D eigenvalue weighted by atomic mass is 9.91. The minimum absolute atomic E-state index is 0.0544. The van der Waals surface area contributed by atoms with Gasteiger partial charge in [-0.1, -0.05) is 23.7 Å². The Balaban J connectivity index is 1.49. The van der Waals surface area contributed by atoms with Crippen LogP contribution in [-0.4, -0.2) is 47.2 Å². The Morgan fingerprint density at radius 1 is 1.17 bits per heavy atom. The number of carbonyl (C=O) groups excluding carboxylic acids is 1. The van der Waals surface area contributed by atoms with E-state index in [-0.39, 0.29) is 18.0 Å². The zero-order chi connectivity index (χ0) is 21.0. The first-order chi connectivity index (χ1) is 13.8. The first-order valence-corrected chi connectivity index (χ1v) is 10.2. The van der Waals surface area contributed by atoms with Crippen LogP contribution in [0.5, 0.6) is 0 Å². The van der Waals surface area contributed by atoms with Gasteiger partial charge in [-0.15, -0.1) is 0 Å². The maximum absolute atomic E-state index is 12.4. The van der Waals surface area contributed by atoms with Crippen molar-refractivity contribution in [2.75, 3.05) is 24.3 Å². The van der Waals surface area contributed by atoms with E-state index in [9.17, 15) is 9.90 Å². The van der Waals surface area contributed by atoms with Crippen molar-refractivity contribution >= 4 is 29.3 Å². The normalized spacial score (nSPS) is 20.0. The third kappa shape index (κ3) is 5.58. The van der Waals surface area contributed by atoms with E-state index in [1.807, 2.05) is 32.1 Å². The molecule has 1 saturated carbocycles. The molecule has 1 aromatic heterocycles. The van der Waals surface area contributed by atoms with Gasteiger partial charge in [0.05, 0.1) is 0 Å². The van der Waals surface area contributed by atoms with Gasteiger partial charge in [0.1, 0.15) is 5.82 Å². The van der Waals surface area contributed by atoms with Gasteiger partial charge in [-0.05, 0) is 50.3 Å². The zero-order valence-corrected chi connectivity index (χ0v) is 17.8. The van der Waals surface area contributed by atoms with Gasteiger partial charge in [-0.25, -0.2) is 4.98 Å². The second-order valence-electron chi connectivity index (χ2n) is 7.75. The van der Waals surface area contributed by atoms with Crippen molar-refractivity contribution in [3.05, 3.63) is 46.6 Å². The Labute approximate surface area is 176 Å². The Bertz CT molecular complexity index is 835. The number of benzene rings is 1. The molecule has 8 heteroatoms. The maximum atomic E-state index is 12.4. The van der Waals surface area contributed by atoms with E-state index in [0.29, 0.717) is 16.5 Å². The third-order valence-corrected chi connectivity index (χ3v) is 5.46. The highest BCUT2D eigenvalue weighted by Gasteiger charge is 2.26. The standard InChI is InChI=1S/C21H28ClN5O2/c1-13-12-23-21(26-19(13)27(2)3)25-17-10-8-16(9-11-17)24-20(29)18(28)14-4-6-15(22)7-5-14/h4-7,12,16-18,28H,8-11H2,1-3H3,(H,24,29)(H,23,25,26). The summed E-state index contributed by atoms with van der Waals surface area (Å²) in [5.74, 6) is 1.16.